The highest BCUT2D eigenvalue weighted by Crippen LogP contribution is 2.19. The fraction of sp³-hybridized carbons (Fsp3) is 0.545. The third-order valence-electron chi connectivity index (χ3n) is 5.05. The minimum atomic E-state index is -1.33. The van der Waals surface area contributed by atoms with Gasteiger partial charge < -0.3 is 30.3 Å². The highest BCUT2D eigenvalue weighted by atomic mass is 16.5. The van der Waals surface area contributed by atoms with Crippen LogP contribution in [0.2, 0.25) is 0 Å². The summed E-state index contributed by atoms with van der Waals surface area (Å²) in [6, 6.07) is 8.63. The van der Waals surface area contributed by atoms with E-state index in [0.717, 1.165) is 31.6 Å². The number of amides is 1. The maximum absolute atomic E-state index is 12.5. The zero-order valence-corrected chi connectivity index (χ0v) is 17.5. The summed E-state index contributed by atoms with van der Waals surface area (Å²) in [5, 5.41) is 41.1. The molecule has 8 heteroatoms. The van der Waals surface area contributed by atoms with Crippen LogP contribution in [-0.2, 0) is 9.53 Å². The van der Waals surface area contributed by atoms with Gasteiger partial charge in [0.25, 0.3) is 5.91 Å². The van der Waals surface area contributed by atoms with Crippen molar-refractivity contribution in [2.45, 2.75) is 51.0 Å². The first kappa shape index (κ1) is 23.8. The van der Waals surface area contributed by atoms with E-state index in [1.807, 2.05) is 30.3 Å². The lowest BCUT2D eigenvalue weighted by Gasteiger charge is -2.37. The van der Waals surface area contributed by atoms with Gasteiger partial charge in [-0.15, -0.1) is 0 Å². The third kappa shape index (κ3) is 6.03. The molecule has 1 aromatic carbocycles. The minimum Gasteiger partial charge on any atom is -0.394 e. The van der Waals surface area contributed by atoms with Crippen LogP contribution in [0.5, 0.6) is 0 Å². The summed E-state index contributed by atoms with van der Waals surface area (Å²) in [4.78, 5) is 14.8. The predicted molar refractivity (Wildman–Crippen MR) is 114 cm³/mol. The molecule has 8 nitrogen and oxygen atoms in total. The molecule has 1 aliphatic heterocycles. The molecule has 0 saturated carbocycles. The largest absolute Gasteiger partial charge is 0.394 e. The molecule has 0 bridgehead atoms. The van der Waals surface area contributed by atoms with Gasteiger partial charge in [-0.3, -0.25) is 4.79 Å². The average Bonchev–Trinajstić information content (AvgIpc) is 2.75. The van der Waals surface area contributed by atoms with Gasteiger partial charge in [0.1, 0.15) is 30.0 Å². The Labute approximate surface area is 177 Å². The second kappa shape index (κ2) is 11.7. The second-order valence-corrected chi connectivity index (χ2v) is 7.36. The number of rotatable bonds is 9. The van der Waals surface area contributed by atoms with Gasteiger partial charge in [-0.05, 0) is 36.6 Å². The van der Waals surface area contributed by atoms with Crippen molar-refractivity contribution in [2.24, 2.45) is 0 Å². The molecule has 4 N–H and O–H groups in total. The molecule has 1 fully saturated rings. The van der Waals surface area contributed by atoms with Crippen LogP contribution in [0.3, 0.4) is 0 Å². The number of anilines is 1. The maximum atomic E-state index is 12.5. The molecule has 30 heavy (non-hydrogen) atoms. The molecule has 0 radical (unpaired) electrons. The highest BCUT2D eigenvalue weighted by Gasteiger charge is 2.39. The number of carbonyl (C=O) groups excluding carboxylic acids is 1. The Balaban J connectivity index is 2.08. The molecule has 1 aromatic rings. The number of ether oxygens (including phenoxy) is 1. The first-order valence-corrected chi connectivity index (χ1v) is 10.3. The average molecular weight is 418 g/mol. The third-order valence-corrected chi connectivity index (χ3v) is 5.05. The van der Waals surface area contributed by atoms with E-state index in [1.54, 1.807) is 0 Å². The molecule has 2 rings (SSSR count). The van der Waals surface area contributed by atoms with Gasteiger partial charge in [-0.2, -0.15) is 5.26 Å². The summed E-state index contributed by atoms with van der Waals surface area (Å²) in [6.45, 7) is 5.68. The van der Waals surface area contributed by atoms with Crippen LogP contribution in [-0.4, -0.2) is 71.9 Å². The van der Waals surface area contributed by atoms with E-state index in [9.17, 15) is 20.3 Å². The van der Waals surface area contributed by atoms with Crippen molar-refractivity contribution in [1.29, 1.82) is 5.26 Å². The monoisotopic (exact) mass is 417 g/mol. The summed E-state index contributed by atoms with van der Waals surface area (Å²) in [7, 11) is 0. The summed E-state index contributed by atoms with van der Waals surface area (Å²) < 4.78 is 5.25. The van der Waals surface area contributed by atoms with E-state index >= 15 is 0 Å². The van der Waals surface area contributed by atoms with Crippen molar-refractivity contribution in [3.8, 4) is 6.07 Å². The number of aliphatic hydroxyl groups excluding tert-OH is 3. The molecular formula is C22H31N3O5. The van der Waals surface area contributed by atoms with Crippen molar-refractivity contribution < 1.29 is 24.9 Å². The first-order chi connectivity index (χ1) is 14.4. The van der Waals surface area contributed by atoms with E-state index in [1.165, 1.54) is 6.08 Å². The molecule has 4 unspecified atom stereocenters. The van der Waals surface area contributed by atoms with Gasteiger partial charge in [0.2, 0.25) is 0 Å². The molecule has 1 saturated heterocycles. The van der Waals surface area contributed by atoms with Crippen LogP contribution < -0.4 is 10.2 Å². The van der Waals surface area contributed by atoms with Gasteiger partial charge in [0.05, 0.1) is 19.3 Å². The standard InChI is InChI=1S/C22H31N3O5/c1-3-9-25(10-4-2)17-7-5-15(6-8-17)11-16(12-23)22(29)24-18-14-30-19(13-26)21(28)20(18)27/h5-8,11,18-21,26-28H,3-4,9-10,13-14H2,1-2H3,(H,24,29). The normalized spacial score (nSPS) is 24.2. The van der Waals surface area contributed by atoms with Gasteiger partial charge in [-0.1, -0.05) is 26.0 Å². The molecule has 0 spiro atoms. The Hall–Kier alpha value is -2.44. The van der Waals surface area contributed by atoms with Crippen molar-refractivity contribution in [3.05, 3.63) is 35.4 Å². The fourth-order valence-electron chi connectivity index (χ4n) is 3.42. The summed E-state index contributed by atoms with van der Waals surface area (Å²) in [5.41, 5.74) is 1.68. The van der Waals surface area contributed by atoms with Crippen molar-refractivity contribution >= 4 is 17.7 Å². The number of hydrogen-bond donors (Lipinski definition) is 4. The molecule has 0 aromatic heterocycles. The second-order valence-electron chi connectivity index (χ2n) is 7.36. The van der Waals surface area contributed by atoms with Gasteiger partial charge >= 0.3 is 0 Å². The summed E-state index contributed by atoms with van der Waals surface area (Å²) in [6.07, 6.45) is 0.0344. The Morgan fingerprint density at radius 1 is 1.23 bits per heavy atom. The zero-order chi connectivity index (χ0) is 22.1. The van der Waals surface area contributed by atoms with E-state index in [-0.39, 0.29) is 12.2 Å². The summed E-state index contributed by atoms with van der Waals surface area (Å²) >= 11 is 0. The maximum Gasteiger partial charge on any atom is 0.262 e. The van der Waals surface area contributed by atoms with Crippen LogP contribution in [0, 0.1) is 11.3 Å². The quantitative estimate of drug-likeness (QED) is 0.346. The topological polar surface area (TPSA) is 126 Å². The Morgan fingerprint density at radius 3 is 2.40 bits per heavy atom. The van der Waals surface area contributed by atoms with Crippen LogP contribution in [0.4, 0.5) is 5.69 Å². The number of nitriles is 1. The number of nitrogens with zero attached hydrogens (tertiary/aromatic N) is 2. The molecule has 164 valence electrons. The summed E-state index contributed by atoms with van der Waals surface area (Å²) in [5.74, 6) is -0.664. The molecule has 4 atom stereocenters. The number of carbonyl (C=O) groups is 1. The van der Waals surface area contributed by atoms with Crippen LogP contribution in [0.1, 0.15) is 32.3 Å². The number of benzene rings is 1. The Bertz CT molecular complexity index is 753. The van der Waals surface area contributed by atoms with Crippen LogP contribution in [0.15, 0.2) is 29.8 Å². The lowest BCUT2D eigenvalue weighted by atomic mass is 9.98. The lowest BCUT2D eigenvalue weighted by molar-refractivity contribution is -0.163. The van der Waals surface area contributed by atoms with E-state index in [2.05, 4.69) is 24.1 Å². The SMILES string of the molecule is CCCN(CCC)c1ccc(C=C(C#N)C(=O)NC2COC(CO)C(O)C2O)cc1. The van der Waals surface area contributed by atoms with Gasteiger partial charge in [0, 0.05) is 18.8 Å². The Kier molecular flexibility index (Phi) is 9.27. The van der Waals surface area contributed by atoms with E-state index < -0.39 is 36.9 Å². The van der Waals surface area contributed by atoms with E-state index in [4.69, 9.17) is 9.84 Å². The molecule has 0 aliphatic carbocycles. The Morgan fingerprint density at radius 2 is 1.87 bits per heavy atom. The molecule has 1 heterocycles. The van der Waals surface area contributed by atoms with Crippen LogP contribution in [0.25, 0.3) is 6.08 Å². The molecule has 1 aliphatic rings. The lowest BCUT2D eigenvalue weighted by Crippen LogP contribution is -2.60. The van der Waals surface area contributed by atoms with Gasteiger partial charge in [0.15, 0.2) is 0 Å². The molecule has 1 amide bonds. The predicted octanol–water partition coefficient (Wildman–Crippen LogP) is 0.818. The van der Waals surface area contributed by atoms with Crippen molar-refractivity contribution in [3.63, 3.8) is 0 Å². The number of nitrogens with one attached hydrogen (secondary N) is 1. The van der Waals surface area contributed by atoms with Gasteiger partial charge in [-0.25, -0.2) is 0 Å². The fourth-order valence-corrected chi connectivity index (χ4v) is 3.42. The highest BCUT2D eigenvalue weighted by molar-refractivity contribution is 6.01. The van der Waals surface area contributed by atoms with Crippen molar-refractivity contribution in [2.75, 3.05) is 31.2 Å². The zero-order valence-electron chi connectivity index (χ0n) is 17.5. The van der Waals surface area contributed by atoms with Crippen LogP contribution >= 0.6 is 0 Å². The first-order valence-electron chi connectivity index (χ1n) is 10.3. The van der Waals surface area contributed by atoms with Crippen molar-refractivity contribution in [1.82, 2.24) is 5.32 Å². The number of aliphatic hydroxyl groups is 3. The number of hydrogen-bond acceptors (Lipinski definition) is 7. The minimum absolute atomic E-state index is 0.0761. The smallest absolute Gasteiger partial charge is 0.262 e. The van der Waals surface area contributed by atoms with E-state index in [0.29, 0.717) is 5.56 Å². The molecular weight excluding hydrogens is 386 g/mol.